The Labute approximate surface area is 111 Å². The van der Waals surface area contributed by atoms with Crippen molar-refractivity contribution >= 4 is 0 Å². The lowest BCUT2D eigenvalue weighted by Crippen LogP contribution is -2.31. The molecule has 2 rings (SSSR count). The third kappa shape index (κ3) is 3.09. The number of rotatable bonds is 1. The largest absolute Gasteiger partial charge is 0.391 e. The molecule has 2 atom stereocenters. The molecule has 1 aromatic heterocycles. The quantitative estimate of drug-likeness (QED) is 0.779. The lowest BCUT2D eigenvalue weighted by atomic mass is 9.80. The molecule has 0 saturated heterocycles. The zero-order valence-electron chi connectivity index (χ0n) is 11.5. The zero-order valence-corrected chi connectivity index (χ0v) is 11.5. The van der Waals surface area contributed by atoms with Crippen LogP contribution in [0, 0.1) is 5.92 Å². The Morgan fingerprint density at radius 1 is 1.21 bits per heavy atom. The fourth-order valence-corrected chi connectivity index (χ4v) is 2.76. The maximum Gasteiger partial charge on any atom is 0.391 e. The summed E-state index contributed by atoms with van der Waals surface area (Å²) in [5.41, 5.74) is -0.204. The second-order valence-electron chi connectivity index (χ2n) is 6.33. The van der Waals surface area contributed by atoms with Crippen molar-refractivity contribution in [1.82, 2.24) is 14.8 Å². The summed E-state index contributed by atoms with van der Waals surface area (Å²) in [6, 6.07) is 0. The molecule has 0 amide bonds. The van der Waals surface area contributed by atoms with Gasteiger partial charge in [-0.2, -0.15) is 13.2 Å². The molecule has 0 N–H and O–H groups in total. The molecule has 1 aliphatic carbocycles. The van der Waals surface area contributed by atoms with Crippen LogP contribution in [-0.2, 0) is 5.54 Å². The third-order valence-electron chi connectivity index (χ3n) is 3.80. The van der Waals surface area contributed by atoms with Crippen LogP contribution in [0.25, 0.3) is 0 Å². The second-order valence-corrected chi connectivity index (χ2v) is 6.33. The van der Waals surface area contributed by atoms with E-state index in [1.54, 1.807) is 6.33 Å². The van der Waals surface area contributed by atoms with Crippen LogP contribution in [-0.4, -0.2) is 20.9 Å². The molecule has 108 valence electrons. The van der Waals surface area contributed by atoms with Crippen molar-refractivity contribution in [3.63, 3.8) is 0 Å². The van der Waals surface area contributed by atoms with E-state index in [0.29, 0.717) is 12.2 Å². The van der Waals surface area contributed by atoms with Gasteiger partial charge in [0.25, 0.3) is 0 Å². The topological polar surface area (TPSA) is 30.7 Å². The molecule has 0 aromatic carbocycles. The summed E-state index contributed by atoms with van der Waals surface area (Å²) in [4.78, 5) is 0. The molecule has 3 nitrogen and oxygen atoms in total. The number of hydrogen-bond donors (Lipinski definition) is 0. The highest BCUT2D eigenvalue weighted by Gasteiger charge is 2.43. The summed E-state index contributed by atoms with van der Waals surface area (Å²) in [7, 11) is 0. The fraction of sp³-hybridized carbons (Fsp3) is 0.846. The number of aromatic nitrogens is 3. The van der Waals surface area contributed by atoms with Crippen LogP contribution in [0.5, 0.6) is 0 Å². The molecule has 19 heavy (non-hydrogen) atoms. The van der Waals surface area contributed by atoms with Gasteiger partial charge < -0.3 is 4.57 Å². The van der Waals surface area contributed by atoms with Crippen molar-refractivity contribution in [2.45, 2.75) is 64.1 Å². The van der Waals surface area contributed by atoms with Gasteiger partial charge in [0.05, 0.1) is 5.92 Å². The molecule has 1 heterocycles. The molecular formula is C13H20F3N3. The van der Waals surface area contributed by atoms with E-state index >= 15 is 0 Å². The van der Waals surface area contributed by atoms with Gasteiger partial charge >= 0.3 is 6.18 Å². The van der Waals surface area contributed by atoms with Gasteiger partial charge in [-0.05, 0) is 40.0 Å². The van der Waals surface area contributed by atoms with Crippen molar-refractivity contribution in [3.8, 4) is 0 Å². The van der Waals surface area contributed by atoms with Crippen LogP contribution in [0.2, 0.25) is 0 Å². The summed E-state index contributed by atoms with van der Waals surface area (Å²) in [6.07, 6.45) is -0.729. The van der Waals surface area contributed by atoms with E-state index in [4.69, 9.17) is 0 Å². The highest BCUT2D eigenvalue weighted by Crippen LogP contribution is 2.43. The Morgan fingerprint density at radius 3 is 2.47 bits per heavy atom. The summed E-state index contributed by atoms with van der Waals surface area (Å²) in [6.45, 7) is 6.01. The van der Waals surface area contributed by atoms with E-state index in [0.717, 1.165) is 6.42 Å². The third-order valence-corrected chi connectivity index (χ3v) is 3.80. The number of halogens is 3. The van der Waals surface area contributed by atoms with E-state index in [1.165, 1.54) is 0 Å². The van der Waals surface area contributed by atoms with Gasteiger partial charge in [0, 0.05) is 11.5 Å². The molecule has 0 aliphatic heterocycles. The van der Waals surface area contributed by atoms with Crippen LogP contribution in [0.1, 0.15) is 58.2 Å². The second kappa shape index (κ2) is 4.80. The standard InChI is InChI=1S/C13H20F3N3/c1-12(2,3)19-8-17-18-11(19)9-5-4-6-10(7-9)13(14,15)16/h8-10H,4-7H2,1-3H3. The highest BCUT2D eigenvalue weighted by atomic mass is 19.4. The summed E-state index contributed by atoms with van der Waals surface area (Å²) in [5.74, 6) is -0.639. The van der Waals surface area contributed by atoms with E-state index in [1.807, 2.05) is 25.3 Å². The number of alkyl halides is 3. The van der Waals surface area contributed by atoms with Crippen LogP contribution in [0.15, 0.2) is 6.33 Å². The molecule has 1 aliphatic rings. The molecule has 2 unspecified atom stereocenters. The van der Waals surface area contributed by atoms with Gasteiger partial charge in [-0.1, -0.05) is 6.42 Å². The minimum atomic E-state index is -4.09. The molecule has 1 fully saturated rings. The van der Waals surface area contributed by atoms with Gasteiger partial charge in [0.1, 0.15) is 12.2 Å². The van der Waals surface area contributed by atoms with Gasteiger partial charge in [-0.15, -0.1) is 10.2 Å². The zero-order chi connectivity index (χ0) is 14.3. The first-order valence-corrected chi connectivity index (χ1v) is 6.66. The molecule has 0 bridgehead atoms. The minimum Gasteiger partial charge on any atom is -0.312 e. The maximum atomic E-state index is 12.8. The first-order valence-electron chi connectivity index (χ1n) is 6.66. The maximum absolute atomic E-state index is 12.8. The molecule has 1 aromatic rings. The van der Waals surface area contributed by atoms with Crippen molar-refractivity contribution in [2.24, 2.45) is 5.92 Å². The lowest BCUT2D eigenvalue weighted by Gasteiger charge is -2.32. The smallest absolute Gasteiger partial charge is 0.312 e. The highest BCUT2D eigenvalue weighted by molar-refractivity contribution is 5.02. The van der Waals surface area contributed by atoms with Crippen LogP contribution >= 0.6 is 0 Å². The van der Waals surface area contributed by atoms with Crippen LogP contribution in [0.3, 0.4) is 0 Å². The van der Waals surface area contributed by atoms with Crippen molar-refractivity contribution < 1.29 is 13.2 Å². The average Bonchev–Trinajstić information content (AvgIpc) is 2.76. The molecule has 0 spiro atoms. The van der Waals surface area contributed by atoms with Crippen LogP contribution in [0.4, 0.5) is 13.2 Å². The first kappa shape index (κ1) is 14.3. The van der Waals surface area contributed by atoms with Crippen molar-refractivity contribution in [2.75, 3.05) is 0 Å². The molecule has 6 heteroatoms. The van der Waals surface area contributed by atoms with E-state index in [-0.39, 0.29) is 24.3 Å². The Kier molecular flexibility index (Phi) is 3.62. The molecule has 0 radical (unpaired) electrons. The molecular weight excluding hydrogens is 255 g/mol. The predicted octanol–water partition coefficient (Wildman–Crippen LogP) is 3.87. The van der Waals surface area contributed by atoms with E-state index in [9.17, 15) is 13.2 Å². The Bertz CT molecular complexity index is 431. The fourth-order valence-electron chi connectivity index (χ4n) is 2.76. The summed E-state index contributed by atoms with van der Waals surface area (Å²) in [5, 5.41) is 7.95. The lowest BCUT2D eigenvalue weighted by molar-refractivity contribution is -0.183. The molecule has 1 saturated carbocycles. The SMILES string of the molecule is CC(C)(C)n1cnnc1C1CCCC(C(F)(F)F)C1. The van der Waals surface area contributed by atoms with Crippen molar-refractivity contribution in [3.05, 3.63) is 12.2 Å². The summed E-state index contributed by atoms with van der Waals surface area (Å²) < 4.78 is 40.4. The summed E-state index contributed by atoms with van der Waals surface area (Å²) >= 11 is 0. The van der Waals surface area contributed by atoms with Gasteiger partial charge in [0.2, 0.25) is 0 Å². The Hall–Kier alpha value is -1.07. The van der Waals surface area contributed by atoms with E-state index < -0.39 is 12.1 Å². The predicted molar refractivity (Wildman–Crippen MR) is 65.8 cm³/mol. The van der Waals surface area contributed by atoms with Crippen molar-refractivity contribution in [1.29, 1.82) is 0 Å². The average molecular weight is 275 g/mol. The normalized spacial score (nSPS) is 25.6. The Balaban J connectivity index is 2.21. The van der Waals surface area contributed by atoms with Gasteiger partial charge in [-0.3, -0.25) is 0 Å². The van der Waals surface area contributed by atoms with Crippen LogP contribution < -0.4 is 0 Å². The Morgan fingerprint density at radius 2 is 1.89 bits per heavy atom. The van der Waals surface area contributed by atoms with Gasteiger partial charge in [-0.25, -0.2) is 0 Å². The van der Waals surface area contributed by atoms with E-state index in [2.05, 4.69) is 10.2 Å². The first-order chi connectivity index (χ1) is 8.69. The monoisotopic (exact) mass is 275 g/mol. The van der Waals surface area contributed by atoms with Gasteiger partial charge in [0.15, 0.2) is 0 Å². The number of nitrogens with zero attached hydrogens (tertiary/aromatic N) is 3. The minimum absolute atomic E-state index is 0.137. The number of hydrogen-bond acceptors (Lipinski definition) is 2.